The highest BCUT2D eigenvalue weighted by Gasteiger charge is 2.61. The van der Waals surface area contributed by atoms with E-state index in [1.165, 1.54) is 42.4 Å². The molecule has 2 aliphatic rings. The molecule has 1 nitrogen and oxygen atoms in total. The summed E-state index contributed by atoms with van der Waals surface area (Å²) >= 11 is 0. The fourth-order valence-electron chi connectivity index (χ4n) is 8.97. The minimum Gasteiger partial charge on any atom is -0.305 e. The maximum atomic E-state index is 9.37. The summed E-state index contributed by atoms with van der Waals surface area (Å²) in [5, 5.41) is 9.37. The molecule has 1 N–H and O–H groups in total. The lowest BCUT2D eigenvalue weighted by molar-refractivity contribution is -0.112. The van der Waals surface area contributed by atoms with Gasteiger partial charge in [0.15, 0.2) is 0 Å². The van der Waals surface area contributed by atoms with Crippen LogP contribution < -0.4 is 0 Å². The van der Waals surface area contributed by atoms with E-state index in [-0.39, 0.29) is 16.2 Å². The lowest BCUT2D eigenvalue weighted by Crippen LogP contribution is -2.57. The quantitative estimate of drug-likeness (QED) is 0.161. The molecular weight excluding hydrogens is 530 g/mol. The molecule has 0 aromatic heterocycles. The maximum absolute atomic E-state index is 9.37. The van der Waals surface area contributed by atoms with Crippen molar-refractivity contribution in [1.29, 1.82) is 5.41 Å². The number of fused-ring (bicyclic) bond motifs is 1. The number of nitrogens with one attached hydrogen (secondary N) is 1. The Balaban J connectivity index is 0. The summed E-state index contributed by atoms with van der Waals surface area (Å²) in [7, 11) is 0. The van der Waals surface area contributed by atoms with Gasteiger partial charge in [0.05, 0.1) is 0 Å². The van der Waals surface area contributed by atoms with Gasteiger partial charge < -0.3 is 5.41 Å². The van der Waals surface area contributed by atoms with Gasteiger partial charge in [0, 0.05) is 5.71 Å². The molecule has 2 aliphatic carbocycles. The zero-order valence-electron chi connectivity index (χ0n) is 32.7. The van der Waals surface area contributed by atoms with Gasteiger partial charge in [0.25, 0.3) is 0 Å². The Labute approximate surface area is 278 Å². The molecule has 0 amide bonds. The van der Waals surface area contributed by atoms with Gasteiger partial charge in [-0.2, -0.15) is 0 Å². The van der Waals surface area contributed by atoms with Crippen molar-refractivity contribution >= 4 is 5.71 Å². The molecule has 0 radical (unpaired) electrons. The molecule has 2 rings (SSSR count). The molecule has 0 aliphatic heterocycles. The second-order valence-corrected chi connectivity index (χ2v) is 14.5. The third kappa shape index (κ3) is 10.3. The van der Waals surface area contributed by atoms with Crippen LogP contribution in [0.3, 0.4) is 0 Å². The zero-order valence-corrected chi connectivity index (χ0v) is 32.7. The van der Waals surface area contributed by atoms with Crippen LogP contribution in [-0.2, 0) is 0 Å². The molecule has 0 bridgehead atoms. The molecule has 6 unspecified atom stereocenters. The number of hydrogen-bond donors (Lipinski definition) is 1. The van der Waals surface area contributed by atoms with Gasteiger partial charge in [-0.05, 0) is 119 Å². The number of rotatable bonds is 8. The second-order valence-electron chi connectivity index (χ2n) is 14.5. The second kappa shape index (κ2) is 20.3. The van der Waals surface area contributed by atoms with E-state index < -0.39 is 0 Å². The minimum atomic E-state index is 0.0193. The Hall–Kier alpha value is -1.89. The average Bonchev–Trinajstić information content (AvgIpc) is 2.95. The monoisotopic (exact) mass is 608 g/mol. The van der Waals surface area contributed by atoms with E-state index in [2.05, 4.69) is 81.5 Å². The van der Waals surface area contributed by atoms with Crippen LogP contribution in [-0.4, -0.2) is 5.71 Å². The summed E-state index contributed by atoms with van der Waals surface area (Å²) in [4.78, 5) is 0. The van der Waals surface area contributed by atoms with Crippen molar-refractivity contribution < 1.29 is 0 Å². The summed E-state index contributed by atoms with van der Waals surface area (Å²) in [5.74, 6) is 2.24. The van der Waals surface area contributed by atoms with Gasteiger partial charge in [-0.1, -0.05) is 142 Å². The lowest BCUT2D eigenvalue weighted by Gasteiger charge is -2.64. The minimum absolute atomic E-state index is 0.0193. The fourth-order valence-corrected chi connectivity index (χ4v) is 8.97. The van der Waals surface area contributed by atoms with Crippen LogP contribution in [0.4, 0.5) is 0 Å². The maximum Gasteiger partial charge on any atom is 0.0389 e. The van der Waals surface area contributed by atoms with Gasteiger partial charge in [0.2, 0.25) is 0 Å². The van der Waals surface area contributed by atoms with Crippen LogP contribution in [0.25, 0.3) is 0 Å². The van der Waals surface area contributed by atoms with Crippen LogP contribution in [0.2, 0.25) is 0 Å². The molecule has 0 heterocycles. The van der Waals surface area contributed by atoms with E-state index in [1.54, 1.807) is 5.57 Å². The van der Waals surface area contributed by atoms with E-state index in [0.29, 0.717) is 23.7 Å². The number of allylic oxidation sites excluding steroid dienone is 9. The Kier molecular flexibility index (Phi) is 20.4. The Morgan fingerprint density at radius 1 is 1.00 bits per heavy atom. The third-order valence-corrected chi connectivity index (χ3v) is 10.7. The molecule has 1 heteroatoms. The highest BCUT2D eigenvalue weighted by Crippen LogP contribution is 2.68. The fraction of sp³-hybridized carbons (Fsp3) is 0.698. The van der Waals surface area contributed by atoms with Gasteiger partial charge in [-0.25, -0.2) is 0 Å². The van der Waals surface area contributed by atoms with Crippen LogP contribution >= 0.6 is 0 Å². The molecule has 2 fully saturated rings. The van der Waals surface area contributed by atoms with Crippen molar-refractivity contribution in [3.05, 3.63) is 71.9 Å². The van der Waals surface area contributed by atoms with Crippen molar-refractivity contribution in [3.8, 4) is 0 Å². The van der Waals surface area contributed by atoms with Crippen LogP contribution in [0.1, 0.15) is 156 Å². The van der Waals surface area contributed by atoms with Crippen molar-refractivity contribution in [2.24, 2.45) is 39.9 Å². The first-order chi connectivity index (χ1) is 20.5. The third-order valence-electron chi connectivity index (χ3n) is 10.7. The topological polar surface area (TPSA) is 23.9 Å². The SMILES string of the molecule is C=C(C)C.C=C/C(=C\C=C/C)C(=N)CC1C2(CCC)CC(C)CC(C)C2C(=C)CC(=C(C)C)C(C)(C)C1(C)CC.CC.CC. The van der Waals surface area contributed by atoms with E-state index in [4.69, 9.17) is 6.58 Å². The first kappa shape index (κ1) is 44.2. The van der Waals surface area contributed by atoms with Gasteiger partial charge in [0.1, 0.15) is 0 Å². The predicted octanol–water partition coefficient (Wildman–Crippen LogP) is 14.5. The highest BCUT2D eigenvalue weighted by molar-refractivity contribution is 6.00. The first-order valence-corrected chi connectivity index (χ1v) is 18.0. The summed E-state index contributed by atoms with van der Waals surface area (Å²) in [5.41, 5.74) is 7.61. The molecule has 0 aromatic rings. The lowest BCUT2D eigenvalue weighted by atomic mass is 9.40. The van der Waals surface area contributed by atoms with Crippen LogP contribution in [0.15, 0.2) is 71.9 Å². The molecule has 254 valence electrons. The van der Waals surface area contributed by atoms with E-state index in [0.717, 1.165) is 30.5 Å². The predicted molar refractivity (Wildman–Crippen MR) is 205 cm³/mol. The number of hydrogen-bond acceptors (Lipinski definition) is 1. The van der Waals surface area contributed by atoms with Gasteiger partial charge in [-0.3, -0.25) is 0 Å². The van der Waals surface area contributed by atoms with Crippen molar-refractivity contribution in [3.63, 3.8) is 0 Å². The smallest absolute Gasteiger partial charge is 0.0389 e. The molecule has 0 spiro atoms. The molecular formula is C43H77N. The van der Waals surface area contributed by atoms with Gasteiger partial charge in [-0.15, -0.1) is 6.58 Å². The van der Waals surface area contributed by atoms with Crippen LogP contribution in [0.5, 0.6) is 0 Å². The van der Waals surface area contributed by atoms with Gasteiger partial charge >= 0.3 is 0 Å². The standard InChI is InChI=1S/C35H57N.C4H8.2C2H6/c1-13-17-18-28(15-3)30(36)22-31-34(12,16-4)33(10,11)29(24(5)6)21-27(9)32-26(8)20-25(7)23-35(31,32)19-14-2;1-4(2)3;2*1-2/h13,15,17-18,25-26,31-32,36H,3,9,14,16,19-23H2,1-2,4-8,10-12H3;1H2,2-3H3;2*1-2H3/b17-13-,28-18+,36-30?;;;. The zero-order chi connectivity index (χ0) is 35.1. The summed E-state index contributed by atoms with van der Waals surface area (Å²) < 4.78 is 0. The molecule has 6 atom stereocenters. The molecule has 44 heavy (non-hydrogen) atoms. The van der Waals surface area contributed by atoms with E-state index in [1.807, 2.05) is 66.7 Å². The summed E-state index contributed by atoms with van der Waals surface area (Å²) in [6, 6.07) is 0. The molecule has 2 saturated carbocycles. The van der Waals surface area contributed by atoms with E-state index in [9.17, 15) is 5.41 Å². The Morgan fingerprint density at radius 3 is 1.93 bits per heavy atom. The summed E-state index contributed by atoms with van der Waals surface area (Å²) in [6.45, 7) is 48.4. The van der Waals surface area contributed by atoms with Crippen LogP contribution in [0, 0.1) is 45.3 Å². The highest BCUT2D eigenvalue weighted by atomic mass is 14.7. The Bertz CT molecular complexity index is 1010. The molecule has 0 aromatic carbocycles. The normalized spacial score (nSPS) is 29.7. The van der Waals surface area contributed by atoms with Crippen molar-refractivity contribution in [1.82, 2.24) is 0 Å². The molecule has 0 saturated heterocycles. The van der Waals surface area contributed by atoms with Crippen molar-refractivity contribution in [2.45, 2.75) is 156 Å². The van der Waals surface area contributed by atoms with E-state index >= 15 is 0 Å². The van der Waals surface area contributed by atoms with Crippen molar-refractivity contribution in [2.75, 3.05) is 0 Å². The largest absolute Gasteiger partial charge is 0.305 e. The summed E-state index contributed by atoms with van der Waals surface area (Å²) in [6.07, 6.45) is 15.9. The first-order valence-electron chi connectivity index (χ1n) is 18.0. The Morgan fingerprint density at radius 2 is 1.52 bits per heavy atom. The average molecular weight is 608 g/mol.